The van der Waals surface area contributed by atoms with Gasteiger partial charge in [0.25, 0.3) is 0 Å². The minimum absolute atomic E-state index is 0.0112. The molecule has 4 nitrogen and oxygen atoms in total. The summed E-state index contributed by atoms with van der Waals surface area (Å²) in [6, 6.07) is 12.2. The Bertz CT molecular complexity index is 486. The smallest absolute Gasteiger partial charge is 0.0991 e. The molecule has 98 valence electrons. The van der Waals surface area contributed by atoms with Gasteiger partial charge in [0, 0.05) is 32.7 Å². The molecule has 2 rings (SSSR count). The van der Waals surface area contributed by atoms with Crippen LogP contribution >= 0.6 is 0 Å². The van der Waals surface area contributed by atoms with Crippen molar-refractivity contribution in [2.75, 3.05) is 26.2 Å². The van der Waals surface area contributed by atoms with E-state index in [1.165, 1.54) is 5.56 Å². The number of benzene rings is 1. The summed E-state index contributed by atoms with van der Waals surface area (Å²) in [6.45, 7) is 6.75. The van der Waals surface area contributed by atoms with Crippen LogP contribution in [0.3, 0.4) is 0 Å². The molecule has 4 heteroatoms. The number of hydrogen-bond donors (Lipinski definition) is 0. The first-order chi connectivity index (χ1) is 9.22. The summed E-state index contributed by atoms with van der Waals surface area (Å²) in [5, 5.41) is 17.7. The van der Waals surface area contributed by atoms with Crippen molar-refractivity contribution in [2.45, 2.75) is 19.5 Å². The molecule has 1 aliphatic rings. The van der Waals surface area contributed by atoms with Crippen molar-refractivity contribution < 1.29 is 0 Å². The summed E-state index contributed by atoms with van der Waals surface area (Å²) in [5.74, 6) is 0. The van der Waals surface area contributed by atoms with Gasteiger partial charge in [0.05, 0.1) is 23.7 Å². The summed E-state index contributed by atoms with van der Waals surface area (Å²) < 4.78 is 0. The van der Waals surface area contributed by atoms with Gasteiger partial charge in [-0.3, -0.25) is 9.80 Å². The summed E-state index contributed by atoms with van der Waals surface area (Å²) in [7, 11) is 0. The van der Waals surface area contributed by atoms with E-state index in [1.54, 1.807) is 0 Å². The average Bonchev–Trinajstić information content (AvgIpc) is 2.48. The topological polar surface area (TPSA) is 54.1 Å². The molecule has 19 heavy (non-hydrogen) atoms. The lowest BCUT2D eigenvalue weighted by atomic mass is 10.1. The molecular formula is C15H18N4. The van der Waals surface area contributed by atoms with Crippen LogP contribution in [-0.2, 0) is 6.54 Å². The fourth-order valence-corrected chi connectivity index (χ4v) is 2.33. The van der Waals surface area contributed by atoms with Gasteiger partial charge in [-0.05, 0) is 24.6 Å². The first kappa shape index (κ1) is 13.5. The molecule has 0 bridgehead atoms. The maximum Gasteiger partial charge on any atom is 0.0991 e. The Hall–Kier alpha value is -1.88. The van der Waals surface area contributed by atoms with E-state index in [-0.39, 0.29) is 6.04 Å². The molecule has 0 aliphatic carbocycles. The molecule has 1 aromatic rings. The first-order valence-corrected chi connectivity index (χ1v) is 6.58. The van der Waals surface area contributed by atoms with Crippen LogP contribution in [-0.4, -0.2) is 42.0 Å². The Morgan fingerprint density at radius 1 is 1.11 bits per heavy atom. The van der Waals surface area contributed by atoms with E-state index in [4.69, 9.17) is 10.5 Å². The largest absolute Gasteiger partial charge is 0.297 e. The molecule has 0 unspecified atom stereocenters. The van der Waals surface area contributed by atoms with E-state index in [9.17, 15) is 0 Å². The molecule has 1 heterocycles. The van der Waals surface area contributed by atoms with Gasteiger partial charge in [-0.2, -0.15) is 10.5 Å². The van der Waals surface area contributed by atoms with Crippen LogP contribution in [0.25, 0.3) is 0 Å². The normalized spacial score (nSPS) is 18.5. The number of nitriles is 2. The molecule has 0 spiro atoms. The lowest BCUT2D eigenvalue weighted by Crippen LogP contribution is -2.48. The quantitative estimate of drug-likeness (QED) is 0.822. The number of nitrogens with zero attached hydrogens (tertiary/aromatic N) is 4. The van der Waals surface area contributed by atoms with Gasteiger partial charge in [-0.1, -0.05) is 12.1 Å². The van der Waals surface area contributed by atoms with Crippen molar-refractivity contribution in [2.24, 2.45) is 0 Å². The van der Waals surface area contributed by atoms with Crippen LogP contribution in [0.2, 0.25) is 0 Å². The molecule has 0 radical (unpaired) electrons. The molecule has 1 aromatic carbocycles. The van der Waals surface area contributed by atoms with Gasteiger partial charge in [-0.15, -0.1) is 0 Å². The highest BCUT2D eigenvalue weighted by atomic mass is 15.3. The Balaban J connectivity index is 1.85. The minimum atomic E-state index is 0.0112. The second-order valence-corrected chi connectivity index (χ2v) is 4.93. The maximum absolute atomic E-state index is 8.91. The lowest BCUT2D eigenvalue weighted by Gasteiger charge is -2.35. The van der Waals surface area contributed by atoms with Crippen molar-refractivity contribution in [1.82, 2.24) is 9.80 Å². The predicted octanol–water partition coefficient (Wildman–Crippen LogP) is 1.59. The maximum atomic E-state index is 8.91. The van der Waals surface area contributed by atoms with Gasteiger partial charge in [0.1, 0.15) is 0 Å². The highest BCUT2D eigenvalue weighted by molar-refractivity contribution is 5.31. The van der Waals surface area contributed by atoms with Crippen molar-refractivity contribution >= 4 is 0 Å². The summed E-state index contributed by atoms with van der Waals surface area (Å²) >= 11 is 0. The Morgan fingerprint density at radius 2 is 1.74 bits per heavy atom. The Morgan fingerprint density at radius 3 is 2.26 bits per heavy atom. The molecule has 0 saturated carbocycles. The van der Waals surface area contributed by atoms with Gasteiger partial charge >= 0.3 is 0 Å². The van der Waals surface area contributed by atoms with Gasteiger partial charge in [-0.25, -0.2) is 0 Å². The van der Waals surface area contributed by atoms with Crippen molar-refractivity contribution in [3.05, 3.63) is 35.4 Å². The Labute approximate surface area is 114 Å². The third kappa shape index (κ3) is 3.54. The molecule has 0 aromatic heterocycles. The van der Waals surface area contributed by atoms with Crippen LogP contribution in [0.5, 0.6) is 0 Å². The summed E-state index contributed by atoms with van der Waals surface area (Å²) in [6.07, 6.45) is 0. The standard InChI is InChI=1S/C15H18N4/c1-13(10-16)19-8-6-18(7-9-19)12-15-4-2-14(11-17)3-5-15/h2-5,13H,6-9,12H2,1H3/t13-/m0/s1. The van der Waals surface area contributed by atoms with Crippen LogP contribution in [0.15, 0.2) is 24.3 Å². The van der Waals surface area contributed by atoms with Crippen LogP contribution in [0.4, 0.5) is 0 Å². The summed E-state index contributed by atoms with van der Waals surface area (Å²) in [4.78, 5) is 4.61. The van der Waals surface area contributed by atoms with Gasteiger partial charge < -0.3 is 0 Å². The SMILES string of the molecule is C[C@@H](C#N)N1CCN(Cc2ccc(C#N)cc2)CC1. The molecule has 0 amide bonds. The predicted molar refractivity (Wildman–Crippen MR) is 73.1 cm³/mol. The average molecular weight is 254 g/mol. The van der Waals surface area contributed by atoms with Crippen molar-refractivity contribution in [3.8, 4) is 12.1 Å². The summed E-state index contributed by atoms with van der Waals surface area (Å²) in [5.41, 5.74) is 1.94. The van der Waals surface area contributed by atoms with Crippen LogP contribution in [0, 0.1) is 22.7 Å². The highest BCUT2D eigenvalue weighted by Crippen LogP contribution is 2.11. The zero-order valence-electron chi connectivity index (χ0n) is 11.2. The van der Waals surface area contributed by atoms with E-state index in [1.807, 2.05) is 31.2 Å². The lowest BCUT2D eigenvalue weighted by molar-refractivity contribution is 0.114. The van der Waals surface area contributed by atoms with Crippen molar-refractivity contribution in [3.63, 3.8) is 0 Å². The molecule has 1 fully saturated rings. The van der Waals surface area contributed by atoms with Crippen LogP contribution in [0.1, 0.15) is 18.1 Å². The van der Waals surface area contributed by atoms with E-state index in [2.05, 4.69) is 21.9 Å². The molecule has 1 saturated heterocycles. The number of hydrogen-bond acceptors (Lipinski definition) is 4. The fraction of sp³-hybridized carbons (Fsp3) is 0.467. The van der Waals surface area contributed by atoms with E-state index in [0.717, 1.165) is 32.7 Å². The second-order valence-electron chi connectivity index (χ2n) is 4.93. The van der Waals surface area contributed by atoms with E-state index in [0.29, 0.717) is 5.56 Å². The third-order valence-corrected chi connectivity index (χ3v) is 3.63. The third-order valence-electron chi connectivity index (χ3n) is 3.63. The van der Waals surface area contributed by atoms with Gasteiger partial charge in [0.15, 0.2) is 0 Å². The van der Waals surface area contributed by atoms with Gasteiger partial charge in [0.2, 0.25) is 0 Å². The Kier molecular flexibility index (Phi) is 4.52. The molecule has 0 N–H and O–H groups in total. The number of rotatable bonds is 3. The zero-order chi connectivity index (χ0) is 13.7. The molecular weight excluding hydrogens is 236 g/mol. The molecule has 1 atom stereocenters. The zero-order valence-corrected chi connectivity index (χ0v) is 11.2. The van der Waals surface area contributed by atoms with Crippen molar-refractivity contribution in [1.29, 1.82) is 10.5 Å². The van der Waals surface area contributed by atoms with E-state index < -0.39 is 0 Å². The molecule has 1 aliphatic heterocycles. The van der Waals surface area contributed by atoms with Crippen LogP contribution < -0.4 is 0 Å². The number of piperazine rings is 1. The fourth-order valence-electron chi connectivity index (χ4n) is 2.33. The second kappa shape index (κ2) is 6.33. The minimum Gasteiger partial charge on any atom is -0.297 e. The first-order valence-electron chi connectivity index (χ1n) is 6.58. The highest BCUT2D eigenvalue weighted by Gasteiger charge is 2.20. The monoisotopic (exact) mass is 254 g/mol. The van der Waals surface area contributed by atoms with E-state index >= 15 is 0 Å².